The third kappa shape index (κ3) is 92.9. The molecule has 0 unspecified atom stereocenters. The summed E-state index contributed by atoms with van der Waals surface area (Å²) in [6, 6.07) is 0. The predicted octanol–water partition coefficient (Wildman–Crippen LogP) is 0.987. The van der Waals surface area contributed by atoms with Crippen molar-refractivity contribution in [2.24, 2.45) is 0 Å². The van der Waals surface area contributed by atoms with Gasteiger partial charge in [0.25, 0.3) is 8.05 Å². The van der Waals surface area contributed by atoms with E-state index < -0.39 is 0 Å². The Kier molecular flexibility index (Phi) is 24.0. The molecule has 0 aliphatic heterocycles. The van der Waals surface area contributed by atoms with E-state index in [0.29, 0.717) is 0 Å². The van der Waals surface area contributed by atoms with E-state index in [9.17, 15) is 0 Å². The molecule has 2 heteroatoms. The minimum absolute atomic E-state index is 1.32. The standard InChI is InChI=1S/C4H10.CH5BO/c1-3-4-2;1-3-2/h3-4H2,1-2H3;2H2,1H3. The van der Waals surface area contributed by atoms with Gasteiger partial charge in [-0.15, -0.1) is 0 Å². The maximum Gasteiger partial charge on any atom is 0.256 e. The van der Waals surface area contributed by atoms with Crippen LogP contribution in [0.4, 0.5) is 0 Å². The van der Waals surface area contributed by atoms with Gasteiger partial charge in [0.05, 0.1) is 0 Å². The minimum Gasteiger partial charge on any atom is -0.447 e. The summed E-state index contributed by atoms with van der Waals surface area (Å²) in [5.74, 6) is 0. The zero-order valence-corrected chi connectivity index (χ0v) is 5.82. The highest BCUT2D eigenvalue weighted by Gasteiger charge is 1.56. The van der Waals surface area contributed by atoms with Crippen LogP contribution in [0.15, 0.2) is 0 Å². The summed E-state index contributed by atoms with van der Waals surface area (Å²) in [6.07, 6.45) is 2.64. The van der Waals surface area contributed by atoms with Gasteiger partial charge in [0.1, 0.15) is 0 Å². The molecule has 0 saturated heterocycles. The second-order valence-electron chi connectivity index (χ2n) is 1.41. The first-order valence-corrected chi connectivity index (χ1v) is 2.73. The van der Waals surface area contributed by atoms with Gasteiger partial charge in [-0.2, -0.15) is 0 Å². The van der Waals surface area contributed by atoms with Gasteiger partial charge in [-0.3, -0.25) is 0 Å². The van der Waals surface area contributed by atoms with Crippen molar-refractivity contribution in [1.82, 2.24) is 0 Å². The Bertz CT molecular complexity index is 15.6. The van der Waals surface area contributed by atoms with Crippen LogP contribution in [0.2, 0.25) is 0 Å². The first kappa shape index (κ1) is 10.1. The molecule has 0 radical (unpaired) electrons. The third-order valence-electron chi connectivity index (χ3n) is 0.500. The average Bonchev–Trinajstić information content (AvgIpc) is 1.69. The Hall–Kier alpha value is 0.0249. The molecule has 0 heterocycles. The molecule has 0 aliphatic carbocycles. The Balaban J connectivity index is 0. The van der Waals surface area contributed by atoms with Crippen LogP contribution in [-0.4, -0.2) is 15.2 Å². The van der Waals surface area contributed by atoms with Crippen LogP contribution >= 0.6 is 0 Å². The van der Waals surface area contributed by atoms with E-state index in [2.05, 4.69) is 18.5 Å². The highest BCUT2D eigenvalue weighted by molar-refractivity contribution is 5.97. The fraction of sp³-hybridized carbons (Fsp3) is 1.00. The highest BCUT2D eigenvalue weighted by atomic mass is 16.4. The van der Waals surface area contributed by atoms with E-state index in [-0.39, 0.29) is 0 Å². The maximum atomic E-state index is 4.25. The lowest BCUT2D eigenvalue weighted by Crippen LogP contribution is -1.60. The molecule has 0 fully saturated rings. The quantitative estimate of drug-likeness (QED) is 0.448. The van der Waals surface area contributed by atoms with Crippen molar-refractivity contribution < 1.29 is 4.65 Å². The highest BCUT2D eigenvalue weighted by Crippen LogP contribution is 1.76. The van der Waals surface area contributed by atoms with E-state index in [4.69, 9.17) is 0 Å². The van der Waals surface area contributed by atoms with Crippen LogP contribution in [0, 0.1) is 0 Å². The van der Waals surface area contributed by atoms with Crippen molar-refractivity contribution in [3.05, 3.63) is 0 Å². The van der Waals surface area contributed by atoms with Crippen LogP contribution in [0.3, 0.4) is 0 Å². The molecular weight excluding hydrogens is 86.9 g/mol. The van der Waals surface area contributed by atoms with E-state index in [1.54, 1.807) is 15.2 Å². The molecule has 0 spiro atoms. The fourth-order valence-corrected chi connectivity index (χ4v) is 0. The Morgan fingerprint density at radius 3 is 1.43 bits per heavy atom. The molecule has 0 aliphatic rings. The molecule has 0 aromatic carbocycles. The fourth-order valence-electron chi connectivity index (χ4n) is 0. The van der Waals surface area contributed by atoms with Crippen molar-refractivity contribution in [2.45, 2.75) is 26.7 Å². The summed E-state index contributed by atoms with van der Waals surface area (Å²) in [5, 5.41) is 0. The number of unbranched alkanes of at least 4 members (excludes halogenated alkanes) is 1. The summed E-state index contributed by atoms with van der Waals surface area (Å²) >= 11 is 0. The first-order valence-electron chi connectivity index (χ1n) is 2.73. The smallest absolute Gasteiger partial charge is 0.256 e. The molecule has 0 saturated carbocycles. The van der Waals surface area contributed by atoms with Crippen LogP contribution in [-0.2, 0) is 4.65 Å². The molecule has 1 nitrogen and oxygen atoms in total. The third-order valence-corrected chi connectivity index (χ3v) is 0.500. The molecule has 0 N–H and O–H groups in total. The molecule has 0 rings (SSSR count). The van der Waals surface area contributed by atoms with Gasteiger partial charge in [-0.05, 0) is 0 Å². The second-order valence-corrected chi connectivity index (χ2v) is 1.41. The van der Waals surface area contributed by atoms with Crippen LogP contribution in [0.5, 0.6) is 0 Å². The normalized spacial score (nSPS) is 6.71. The van der Waals surface area contributed by atoms with Gasteiger partial charge in [0.15, 0.2) is 0 Å². The Morgan fingerprint density at radius 2 is 1.43 bits per heavy atom. The van der Waals surface area contributed by atoms with Gasteiger partial charge in [0, 0.05) is 7.11 Å². The van der Waals surface area contributed by atoms with Crippen molar-refractivity contribution in [3.8, 4) is 0 Å². The monoisotopic (exact) mass is 102 g/mol. The topological polar surface area (TPSA) is 9.23 Å². The van der Waals surface area contributed by atoms with E-state index in [1.807, 2.05) is 0 Å². The van der Waals surface area contributed by atoms with Crippen molar-refractivity contribution in [1.29, 1.82) is 0 Å². The molecule has 0 bridgehead atoms. The largest absolute Gasteiger partial charge is 0.447 e. The minimum atomic E-state index is 1.32. The lowest BCUT2D eigenvalue weighted by Gasteiger charge is -1.68. The van der Waals surface area contributed by atoms with Gasteiger partial charge in [0.2, 0.25) is 0 Å². The van der Waals surface area contributed by atoms with Gasteiger partial charge in [-0.1, -0.05) is 26.7 Å². The lowest BCUT2D eigenvalue weighted by atomic mass is 10.4. The number of hydrogen-bond donors (Lipinski definition) is 0. The van der Waals surface area contributed by atoms with E-state index in [0.717, 1.165) is 0 Å². The summed E-state index contributed by atoms with van der Waals surface area (Å²) in [7, 11) is 3.25. The molecule has 7 heavy (non-hydrogen) atoms. The van der Waals surface area contributed by atoms with Crippen LogP contribution < -0.4 is 0 Å². The molecule has 0 atom stereocenters. The molecule has 0 amide bonds. The van der Waals surface area contributed by atoms with Gasteiger partial charge < -0.3 is 4.65 Å². The summed E-state index contributed by atoms with van der Waals surface area (Å²) < 4.78 is 4.25. The van der Waals surface area contributed by atoms with E-state index >= 15 is 0 Å². The van der Waals surface area contributed by atoms with Gasteiger partial charge in [-0.25, -0.2) is 0 Å². The van der Waals surface area contributed by atoms with Crippen molar-refractivity contribution >= 4 is 8.05 Å². The number of rotatable bonds is 1. The molecule has 0 aromatic rings. The summed E-state index contributed by atoms with van der Waals surface area (Å²) in [6.45, 7) is 4.36. The maximum absolute atomic E-state index is 4.25. The first-order chi connectivity index (χ1) is 3.33. The van der Waals surface area contributed by atoms with Crippen LogP contribution in [0.25, 0.3) is 0 Å². The lowest BCUT2D eigenvalue weighted by molar-refractivity contribution is 0.460. The second kappa shape index (κ2) is 16.6. The average molecular weight is 102 g/mol. The Morgan fingerprint density at radius 1 is 1.29 bits per heavy atom. The molecular formula is C5H15BO. The number of hydrogen-bond acceptors (Lipinski definition) is 1. The predicted molar refractivity (Wildman–Crippen MR) is 36.1 cm³/mol. The zero-order valence-electron chi connectivity index (χ0n) is 5.82. The molecule has 44 valence electrons. The van der Waals surface area contributed by atoms with Crippen LogP contribution in [0.1, 0.15) is 26.7 Å². The van der Waals surface area contributed by atoms with Crippen molar-refractivity contribution in [2.75, 3.05) is 7.11 Å². The van der Waals surface area contributed by atoms with Gasteiger partial charge >= 0.3 is 0 Å². The SMILES string of the molecule is BOC.CCCC. The van der Waals surface area contributed by atoms with Crippen molar-refractivity contribution in [3.63, 3.8) is 0 Å². The zero-order chi connectivity index (χ0) is 6.12. The molecule has 0 aromatic heterocycles. The summed E-state index contributed by atoms with van der Waals surface area (Å²) in [4.78, 5) is 0. The Labute approximate surface area is 47.5 Å². The van der Waals surface area contributed by atoms with E-state index in [1.165, 1.54) is 12.8 Å². The summed E-state index contributed by atoms with van der Waals surface area (Å²) in [5.41, 5.74) is 0.